The van der Waals surface area contributed by atoms with Crippen LogP contribution in [-0.4, -0.2) is 10.8 Å². The van der Waals surface area contributed by atoms with Crippen LogP contribution in [0.3, 0.4) is 0 Å². The maximum atomic E-state index is 11.0. The van der Waals surface area contributed by atoms with Crippen molar-refractivity contribution in [2.45, 2.75) is 27.2 Å². The summed E-state index contributed by atoms with van der Waals surface area (Å²) in [6.07, 6.45) is 0.440. The van der Waals surface area contributed by atoms with E-state index in [1.54, 1.807) is 18.3 Å². The van der Waals surface area contributed by atoms with Gasteiger partial charge in [0, 0.05) is 10.9 Å². The number of nitrogens with zero attached hydrogens (tertiary/aromatic N) is 1. The molecule has 0 fully saturated rings. The first-order chi connectivity index (χ1) is 8.06. The van der Waals surface area contributed by atoms with Gasteiger partial charge in [-0.05, 0) is 26.3 Å². The van der Waals surface area contributed by atoms with Crippen molar-refractivity contribution >= 4 is 17.1 Å². The average molecular weight is 245 g/mol. The van der Waals surface area contributed by atoms with E-state index in [-0.39, 0.29) is 5.78 Å². The molecule has 0 N–H and O–H groups in total. The van der Waals surface area contributed by atoms with Gasteiger partial charge in [0.1, 0.15) is 10.8 Å². The topological polar surface area (TPSA) is 30.0 Å². The van der Waals surface area contributed by atoms with E-state index in [2.05, 4.69) is 37.0 Å². The summed E-state index contributed by atoms with van der Waals surface area (Å²) in [5, 5.41) is 2.92. The minimum atomic E-state index is 0.159. The second-order valence-corrected chi connectivity index (χ2v) is 5.27. The van der Waals surface area contributed by atoms with Crippen molar-refractivity contribution in [1.82, 2.24) is 4.98 Å². The fourth-order valence-electron chi connectivity index (χ4n) is 1.83. The number of hydrogen-bond donors (Lipinski definition) is 0. The van der Waals surface area contributed by atoms with E-state index in [0.29, 0.717) is 6.42 Å². The highest BCUT2D eigenvalue weighted by Crippen LogP contribution is 2.26. The highest BCUT2D eigenvalue weighted by molar-refractivity contribution is 7.10. The number of aryl methyl sites for hydroxylation is 2. The van der Waals surface area contributed by atoms with Gasteiger partial charge in [-0.2, -0.15) is 0 Å². The van der Waals surface area contributed by atoms with Crippen LogP contribution in [0.1, 0.15) is 23.1 Å². The number of thiazole rings is 1. The van der Waals surface area contributed by atoms with E-state index in [0.717, 1.165) is 16.3 Å². The fraction of sp³-hybridized carbons (Fsp3) is 0.286. The number of ketones is 1. The first-order valence-corrected chi connectivity index (χ1v) is 6.45. The molecule has 2 nitrogen and oxygen atoms in total. The minimum Gasteiger partial charge on any atom is -0.300 e. The molecule has 17 heavy (non-hydrogen) atoms. The van der Waals surface area contributed by atoms with Crippen LogP contribution in [-0.2, 0) is 11.2 Å². The Morgan fingerprint density at radius 1 is 1.35 bits per heavy atom. The third-order valence-corrected chi connectivity index (χ3v) is 3.46. The molecule has 0 radical (unpaired) electrons. The summed E-state index contributed by atoms with van der Waals surface area (Å²) in [6.45, 7) is 5.77. The Labute approximate surface area is 105 Å². The highest BCUT2D eigenvalue weighted by atomic mass is 32.1. The molecular weight excluding hydrogens is 230 g/mol. The molecule has 0 aliphatic heterocycles. The van der Waals surface area contributed by atoms with E-state index in [9.17, 15) is 4.79 Å². The Morgan fingerprint density at radius 2 is 2.12 bits per heavy atom. The second kappa shape index (κ2) is 4.80. The zero-order valence-electron chi connectivity index (χ0n) is 10.3. The molecule has 0 saturated heterocycles. The van der Waals surface area contributed by atoms with Crippen LogP contribution in [0.2, 0.25) is 0 Å². The van der Waals surface area contributed by atoms with Crippen LogP contribution in [0.25, 0.3) is 11.3 Å². The number of carbonyl (C=O) groups excluding carboxylic acids is 1. The molecule has 1 aromatic carbocycles. The number of hydrogen-bond acceptors (Lipinski definition) is 3. The molecular formula is C14H15NOS. The molecule has 0 amide bonds. The maximum absolute atomic E-state index is 11.0. The monoisotopic (exact) mass is 245 g/mol. The van der Waals surface area contributed by atoms with Crippen LogP contribution in [0.4, 0.5) is 0 Å². The third kappa shape index (κ3) is 2.80. The lowest BCUT2D eigenvalue weighted by Crippen LogP contribution is -1.95. The van der Waals surface area contributed by atoms with Crippen LogP contribution in [0.5, 0.6) is 0 Å². The zero-order chi connectivity index (χ0) is 12.4. The van der Waals surface area contributed by atoms with Crippen molar-refractivity contribution in [3.05, 3.63) is 39.7 Å². The van der Waals surface area contributed by atoms with Crippen LogP contribution >= 0.6 is 11.3 Å². The highest BCUT2D eigenvalue weighted by Gasteiger charge is 2.08. The smallest absolute Gasteiger partial charge is 0.136 e. The first kappa shape index (κ1) is 12.0. The first-order valence-electron chi connectivity index (χ1n) is 5.57. The van der Waals surface area contributed by atoms with Crippen LogP contribution < -0.4 is 0 Å². The molecule has 2 rings (SSSR count). The largest absolute Gasteiger partial charge is 0.300 e. The van der Waals surface area contributed by atoms with E-state index in [4.69, 9.17) is 0 Å². The van der Waals surface area contributed by atoms with Crippen molar-refractivity contribution in [2.75, 3.05) is 0 Å². The van der Waals surface area contributed by atoms with E-state index in [1.165, 1.54) is 11.1 Å². The molecule has 0 aliphatic carbocycles. The summed E-state index contributed by atoms with van der Waals surface area (Å²) in [6, 6.07) is 6.34. The molecule has 0 atom stereocenters. The summed E-state index contributed by atoms with van der Waals surface area (Å²) in [5.41, 5.74) is 4.61. The third-order valence-electron chi connectivity index (χ3n) is 2.61. The predicted octanol–water partition coefficient (Wildman–Crippen LogP) is 3.56. The maximum Gasteiger partial charge on any atom is 0.136 e. The van der Waals surface area contributed by atoms with Crippen molar-refractivity contribution in [1.29, 1.82) is 0 Å². The minimum absolute atomic E-state index is 0.159. The summed E-state index contributed by atoms with van der Waals surface area (Å²) >= 11 is 1.55. The lowest BCUT2D eigenvalue weighted by atomic mass is 10.0. The van der Waals surface area contributed by atoms with Gasteiger partial charge in [-0.25, -0.2) is 4.98 Å². The molecule has 0 aliphatic rings. The summed E-state index contributed by atoms with van der Waals surface area (Å²) < 4.78 is 0. The van der Waals surface area contributed by atoms with Crippen LogP contribution in [0, 0.1) is 13.8 Å². The zero-order valence-corrected chi connectivity index (χ0v) is 11.1. The average Bonchev–Trinajstić information content (AvgIpc) is 2.65. The van der Waals surface area contributed by atoms with Gasteiger partial charge in [0.2, 0.25) is 0 Å². The van der Waals surface area contributed by atoms with E-state index < -0.39 is 0 Å². The lowest BCUT2D eigenvalue weighted by molar-refractivity contribution is -0.116. The van der Waals surface area contributed by atoms with Crippen molar-refractivity contribution in [2.24, 2.45) is 0 Å². The molecule has 0 bridgehead atoms. The molecule has 0 saturated carbocycles. The lowest BCUT2D eigenvalue weighted by Gasteiger charge is -2.03. The molecule has 1 heterocycles. The van der Waals surface area contributed by atoms with Crippen molar-refractivity contribution in [3.8, 4) is 11.3 Å². The Hall–Kier alpha value is -1.48. The molecule has 88 valence electrons. The van der Waals surface area contributed by atoms with Crippen molar-refractivity contribution in [3.63, 3.8) is 0 Å². The standard InChI is InChI=1S/C14H15NOS/c1-9-4-5-12(10(2)6-9)13-8-17-14(15-13)7-11(3)16/h4-6,8H,7H2,1-3H3. The predicted molar refractivity (Wildman–Crippen MR) is 71.4 cm³/mol. The van der Waals surface area contributed by atoms with Gasteiger partial charge in [0.15, 0.2) is 0 Å². The van der Waals surface area contributed by atoms with Gasteiger partial charge in [0.05, 0.1) is 12.1 Å². The van der Waals surface area contributed by atoms with Gasteiger partial charge in [-0.3, -0.25) is 4.79 Å². The quantitative estimate of drug-likeness (QED) is 0.827. The number of aromatic nitrogens is 1. The normalized spacial score (nSPS) is 10.5. The number of rotatable bonds is 3. The molecule has 1 aromatic heterocycles. The number of carbonyl (C=O) groups is 1. The summed E-state index contributed by atoms with van der Waals surface area (Å²) in [5.74, 6) is 0.159. The Kier molecular flexibility index (Phi) is 3.38. The van der Waals surface area contributed by atoms with Crippen molar-refractivity contribution < 1.29 is 4.79 Å². The Morgan fingerprint density at radius 3 is 2.76 bits per heavy atom. The molecule has 0 spiro atoms. The van der Waals surface area contributed by atoms with Gasteiger partial charge in [0.25, 0.3) is 0 Å². The summed E-state index contributed by atoms with van der Waals surface area (Å²) in [7, 11) is 0. The van der Waals surface area contributed by atoms with E-state index in [1.807, 2.05) is 5.38 Å². The second-order valence-electron chi connectivity index (χ2n) is 4.32. The number of benzene rings is 1. The van der Waals surface area contributed by atoms with Crippen LogP contribution in [0.15, 0.2) is 23.6 Å². The van der Waals surface area contributed by atoms with Gasteiger partial charge in [-0.15, -0.1) is 11.3 Å². The Balaban J connectivity index is 2.33. The Bertz CT molecular complexity index is 557. The SMILES string of the molecule is CC(=O)Cc1nc(-c2ccc(C)cc2C)cs1. The van der Waals surface area contributed by atoms with Gasteiger partial charge < -0.3 is 0 Å². The van der Waals surface area contributed by atoms with Gasteiger partial charge in [-0.1, -0.05) is 23.8 Å². The fourth-order valence-corrected chi connectivity index (χ4v) is 2.69. The summed E-state index contributed by atoms with van der Waals surface area (Å²) in [4.78, 5) is 15.5. The number of Topliss-reactive ketones (excluding diaryl/α,β-unsaturated/α-hetero) is 1. The van der Waals surface area contributed by atoms with Gasteiger partial charge >= 0.3 is 0 Å². The molecule has 0 unspecified atom stereocenters. The molecule has 2 aromatic rings. The van der Waals surface area contributed by atoms with E-state index >= 15 is 0 Å². The molecule has 3 heteroatoms.